The fourth-order valence-corrected chi connectivity index (χ4v) is 3.07. The van der Waals surface area contributed by atoms with Crippen molar-refractivity contribution in [1.29, 1.82) is 0 Å². The van der Waals surface area contributed by atoms with E-state index in [9.17, 15) is 28.5 Å². The van der Waals surface area contributed by atoms with Gasteiger partial charge in [0.25, 0.3) is 11.6 Å². The zero-order chi connectivity index (χ0) is 22.7. The Morgan fingerprint density at radius 1 is 1.10 bits per heavy atom. The van der Waals surface area contributed by atoms with Crippen LogP contribution in [0.5, 0.6) is 0 Å². The van der Waals surface area contributed by atoms with Gasteiger partial charge in [-0.05, 0) is 50.2 Å². The van der Waals surface area contributed by atoms with Gasteiger partial charge in [0, 0.05) is 29.2 Å². The monoisotopic (exact) mass is 429 g/mol. The maximum Gasteiger partial charge on any atom is 0.340 e. The van der Waals surface area contributed by atoms with Gasteiger partial charge in [0.2, 0.25) is 0 Å². The fourth-order valence-electron chi connectivity index (χ4n) is 3.07. The lowest BCUT2D eigenvalue weighted by Crippen LogP contribution is -2.21. The molecule has 0 aliphatic heterocycles. The summed E-state index contributed by atoms with van der Waals surface area (Å²) < 4.78 is 33.7. The lowest BCUT2D eigenvalue weighted by Gasteiger charge is -2.10. The van der Waals surface area contributed by atoms with E-state index in [4.69, 9.17) is 4.74 Å². The highest BCUT2D eigenvalue weighted by Gasteiger charge is 2.20. The first-order valence-electron chi connectivity index (χ1n) is 9.03. The van der Waals surface area contributed by atoms with Gasteiger partial charge < -0.3 is 14.6 Å². The van der Waals surface area contributed by atoms with Crippen molar-refractivity contribution in [3.05, 3.63) is 87.2 Å². The maximum atomic E-state index is 13.8. The number of aryl methyl sites for hydroxylation is 1. The molecule has 0 radical (unpaired) electrons. The van der Waals surface area contributed by atoms with Crippen LogP contribution in [-0.4, -0.2) is 28.0 Å². The third-order valence-corrected chi connectivity index (χ3v) is 4.51. The summed E-state index contributed by atoms with van der Waals surface area (Å²) in [4.78, 5) is 34.5. The van der Waals surface area contributed by atoms with E-state index < -0.39 is 46.4 Å². The van der Waals surface area contributed by atoms with Crippen LogP contribution in [0, 0.1) is 35.6 Å². The molecule has 0 saturated heterocycles. The molecule has 3 aromatic rings. The Bertz CT molecular complexity index is 1170. The molecule has 0 fully saturated rings. The van der Waals surface area contributed by atoms with Gasteiger partial charge in [0.15, 0.2) is 6.61 Å². The molecule has 2 aromatic carbocycles. The Labute approximate surface area is 175 Å². The lowest BCUT2D eigenvalue weighted by molar-refractivity contribution is -0.384. The van der Waals surface area contributed by atoms with E-state index >= 15 is 0 Å². The number of hydrogen-bond acceptors (Lipinski definition) is 5. The second kappa shape index (κ2) is 8.74. The largest absolute Gasteiger partial charge is 0.452 e. The Morgan fingerprint density at radius 2 is 1.77 bits per heavy atom. The van der Waals surface area contributed by atoms with Crippen molar-refractivity contribution in [1.82, 2.24) is 4.57 Å². The fraction of sp³-hybridized carbons (Fsp3) is 0.143. The van der Waals surface area contributed by atoms with E-state index in [1.165, 1.54) is 12.1 Å². The van der Waals surface area contributed by atoms with Gasteiger partial charge in [0.1, 0.15) is 11.6 Å². The molecule has 1 aromatic heterocycles. The van der Waals surface area contributed by atoms with E-state index in [1.807, 2.05) is 0 Å². The number of hydrogen-bond donors (Lipinski definition) is 1. The number of ether oxygens (including phenoxy) is 1. The molecule has 31 heavy (non-hydrogen) atoms. The van der Waals surface area contributed by atoms with Crippen molar-refractivity contribution in [3.8, 4) is 5.69 Å². The molecule has 0 unspecified atom stereocenters. The normalized spacial score (nSPS) is 10.6. The number of nitrogens with zero attached hydrogens (tertiary/aromatic N) is 2. The van der Waals surface area contributed by atoms with Gasteiger partial charge in [-0.25, -0.2) is 13.6 Å². The van der Waals surface area contributed by atoms with Crippen LogP contribution >= 0.6 is 0 Å². The van der Waals surface area contributed by atoms with Crippen LogP contribution in [-0.2, 0) is 9.53 Å². The van der Waals surface area contributed by atoms with E-state index in [0.29, 0.717) is 17.1 Å². The number of aromatic nitrogens is 1. The van der Waals surface area contributed by atoms with Crippen LogP contribution in [0.25, 0.3) is 5.69 Å². The molecule has 0 aliphatic rings. The standard InChI is InChI=1S/C21H17F2N3O5/c1-12-9-17(13(2)25(12)15-5-3-14(22)4-6-15)21(28)31-11-20(27)24-19-10-16(26(29)30)7-8-18(19)23/h3-10H,11H2,1-2H3,(H,24,27). The number of anilines is 1. The topological polar surface area (TPSA) is 103 Å². The number of esters is 1. The van der Waals surface area contributed by atoms with Gasteiger partial charge >= 0.3 is 5.97 Å². The van der Waals surface area contributed by atoms with Gasteiger partial charge in [-0.15, -0.1) is 0 Å². The second-order valence-electron chi connectivity index (χ2n) is 6.64. The molecule has 1 heterocycles. The first-order valence-corrected chi connectivity index (χ1v) is 9.03. The SMILES string of the molecule is Cc1cc(C(=O)OCC(=O)Nc2cc([N+](=O)[O-])ccc2F)c(C)n1-c1ccc(F)cc1. The third kappa shape index (κ3) is 4.74. The van der Waals surface area contributed by atoms with Crippen LogP contribution in [0.4, 0.5) is 20.2 Å². The number of carbonyl (C=O) groups is 2. The van der Waals surface area contributed by atoms with Crippen molar-refractivity contribution >= 4 is 23.3 Å². The average Bonchev–Trinajstić information content (AvgIpc) is 3.02. The maximum absolute atomic E-state index is 13.8. The van der Waals surface area contributed by atoms with Crippen molar-refractivity contribution in [2.75, 3.05) is 11.9 Å². The molecular weight excluding hydrogens is 412 g/mol. The van der Waals surface area contributed by atoms with Crippen LogP contribution in [0.15, 0.2) is 48.5 Å². The summed E-state index contributed by atoms with van der Waals surface area (Å²) in [6.45, 7) is 2.71. The number of amides is 1. The Hall–Kier alpha value is -4.08. The van der Waals surface area contributed by atoms with Crippen LogP contribution in [0.2, 0.25) is 0 Å². The molecular formula is C21H17F2N3O5. The minimum absolute atomic E-state index is 0.205. The van der Waals surface area contributed by atoms with Gasteiger partial charge in [-0.3, -0.25) is 14.9 Å². The molecule has 160 valence electrons. The van der Waals surface area contributed by atoms with E-state index in [-0.39, 0.29) is 5.56 Å². The van der Waals surface area contributed by atoms with Crippen molar-refractivity contribution in [2.45, 2.75) is 13.8 Å². The minimum atomic E-state index is -0.867. The molecule has 0 bridgehead atoms. The van der Waals surface area contributed by atoms with Crippen LogP contribution < -0.4 is 5.32 Å². The number of rotatable bonds is 6. The number of nitrogens with one attached hydrogen (secondary N) is 1. The lowest BCUT2D eigenvalue weighted by atomic mass is 10.2. The molecule has 0 atom stereocenters. The molecule has 1 N–H and O–H groups in total. The van der Waals surface area contributed by atoms with E-state index in [2.05, 4.69) is 5.32 Å². The van der Waals surface area contributed by atoms with Crippen LogP contribution in [0.3, 0.4) is 0 Å². The van der Waals surface area contributed by atoms with Gasteiger partial charge in [0.05, 0.1) is 16.2 Å². The third-order valence-electron chi connectivity index (χ3n) is 4.51. The molecule has 0 spiro atoms. The highest BCUT2D eigenvalue weighted by molar-refractivity contribution is 5.96. The van der Waals surface area contributed by atoms with Crippen molar-refractivity contribution in [2.24, 2.45) is 0 Å². The van der Waals surface area contributed by atoms with Crippen molar-refractivity contribution in [3.63, 3.8) is 0 Å². The summed E-state index contributed by atoms with van der Waals surface area (Å²) in [5.74, 6) is -2.90. The molecule has 8 nitrogen and oxygen atoms in total. The Kier molecular flexibility index (Phi) is 6.10. The smallest absolute Gasteiger partial charge is 0.340 e. The summed E-state index contributed by atoms with van der Waals surface area (Å²) in [6, 6.07) is 9.96. The Morgan fingerprint density at radius 3 is 2.42 bits per heavy atom. The molecule has 0 aliphatic carbocycles. The molecule has 10 heteroatoms. The number of carbonyl (C=O) groups excluding carboxylic acids is 2. The minimum Gasteiger partial charge on any atom is -0.452 e. The summed E-state index contributed by atoms with van der Waals surface area (Å²) >= 11 is 0. The number of halogens is 2. The van der Waals surface area contributed by atoms with Crippen molar-refractivity contribution < 1.29 is 28.0 Å². The first-order chi connectivity index (χ1) is 14.7. The van der Waals surface area contributed by atoms with E-state index in [0.717, 1.165) is 18.2 Å². The van der Waals surface area contributed by atoms with Crippen LogP contribution in [0.1, 0.15) is 21.7 Å². The number of nitro groups is 1. The summed E-state index contributed by atoms with van der Waals surface area (Å²) in [6.07, 6.45) is 0. The summed E-state index contributed by atoms with van der Waals surface area (Å²) in [5.41, 5.74) is 1.27. The molecule has 3 rings (SSSR count). The average molecular weight is 429 g/mol. The highest BCUT2D eigenvalue weighted by Crippen LogP contribution is 2.23. The van der Waals surface area contributed by atoms with Gasteiger partial charge in [-0.1, -0.05) is 0 Å². The number of nitro benzene ring substituents is 1. The second-order valence-corrected chi connectivity index (χ2v) is 6.64. The predicted octanol–water partition coefficient (Wildman–Crippen LogP) is 4.08. The Balaban J connectivity index is 1.69. The number of non-ortho nitro benzene ring substituents is 1. The zero-order valence-electron chi connectivity index (χ0n) is 16.5. The van der Waals surface area contributed by atoms with E-state index in [1.54, 1.807) is 36.6 Å². The number of benzene rings is 2. The highest BCUT2D eigenvalue weighted by atomic mass is 19.1. The van der Waals surface area contributed by atoms with Gasteiger partial charge in [-0.2, -0.15) is 0 Å². The summed E-state index contributed by atoms with van der Waals surface area (Å²) in [7, 11) is 0. The zero-order valence-corrected chi connectivity index (χ0v) is 16.5. The molecule has 1 amide bonds. The summed E-state index contributed by atoms with van der Waals surface area (Å²) in [5, 5.41) is 12.9. The molecule has 0 saturated carbocycles. The predicted molar refractivity (Wildman–Crippen MR) is 107 cm³/mol. The first kappa shape index (κ1) is 21.6. The quantitative estimate of drug-likeness (QED) is 0.361.